The van der Waals surface area contributed by atoms with Crippen LogP contribution in [0.25, 0.3) is 33.0 Å². The van der Waals surface area contributed by atoms with E-state index in [0.717, 1.165) is 28.2 Å². The Morgan fingerprint density at radius 1 is 1.06 bits per heavy atom. The van der Waals surface area contributed by atoms with Gasteiger partial charge in [-0.25, -0.2) is 4.99 Å². The number of nitrogens with zero attached hydrogens (tertiary/aromatic N) is 2. The smallest absolute Gasteiger partial charge is 0.259 e. The fourth-order valence-corrected chi connectivity index (χ4v) is 4.49. The maximum atomic E-state index is 13.1. The molecule has 0 radical (unpaired) electrons. The highest BCUT2D eigenvalue weighted by Crippen LogP contribution is 2.39. The molecule has 2 amide bonds. The Kier molecular flexibility index (Phi) is 5.38. The van der Waals surface area contributed by atoms with E-state index in [1.165, 1.54) is 0 Å². The van der Waals surface area contributed by atoms with E-state index in [-0.39, 0.29) is 0 Å². The predicted molar refractivity (Wildman–Crippen MR) is 131 cm³/mol. The molecule has 0 unspecified atom stereocenters. The highest BCUT2D eigenvalue weighted by atomic mass is 32.1. The van der Waals surface area contributed by atoms with Gasteiger partial charge in [0.1, 0.15) is 5.75 Å². The summed E-state index contributed by atoms with van der Waals surface area (Å²) in [5.74, 6) is -0.142. The highest BCUT2D eigenvalue weighted by molar-refractivity contribution is 7.78. The molecule has 0 saturated heterocycles. The number of fused-ring (bicyclic) bond motifs is 2. The molecule has 2 N–H and O–H groups in total. The van der Waals surface area contributed by atoms with Crippen molar-refractivity contribution in [3.63, 3.8) is 0 Å². The van der Waals surface area contributed by atoms with Gasteiger partial charge in [-0.2, -0.15) is 0 Å². The number of hydrogen-bond acceptors (Lipinski definition) is 5. The standard InChI is InChI=1S/C25H20N4O3S/c1-32-15-7-8-21-17(11-15)19(13-29(21)10-4-9-26-14-33)23-22(24(30)28-25(23)31)18-12-27-20-6-3-2-5-16(18)20/h2-3,5-8,11-13,27H,4,9-10H2,1H3,(H,28,30,31). The number of carbonyl (C=O) groups is 2. The molecule has 4 aromatic rings. The third-order valence-corrected chi connectivity index (χ3v) is 6.01. The third-order valence-electron chi connectivity index (χ3n) is 5.88. The van der Waals surface area contributed by atoms with Crippen LogP contribution in [0.4, 0.5) is 0 Å². The fraction of sp³-hybridized carbons (Fsp3) is 0.160. The van der Waals surface area contributed by atoms with Gasteiger partial charge >= 0.3 is 0 Å². The van der Waals surface area contributed by atoms with Crippen LogP contribution in [0.3, 0.4) is 0 Å². The van der Waals surface area contributed by atoms with Gasteiger partial charge in [-0.1, -0.05) is 18.2 Å². The van der Waals surface area contributed by atoms with E-state index in [2.05, 4.69) is 37.2 Å². The summed E-state index contributed by atoms with van der Waals surface area (Å²) in [6, 6.07) is 13.4. The van der Waals surface area contributed by atoms with Gasteiger partial charge in [0, 0.05) is 51.9 Å². The normalized spacial score (nSPS) is 13.6. The quantitative estimate of drug-likeness (QED) is 0.189. The molecule has 0 atom stereocenters. The number of amides is 2. The van der Waals surface area contributed by atoms with Crippen LogP contribution >= 0.6 is 12.2 Å². The molecule has 0 bridgehead atoms. The lowest BCUT2D eigenvalue weighted by Crippen LogP contribution is -2.22. The largest absolute Gasteiger partial charge is 0.497 e. The second-order valence-electron chi connectivity index (χ2n) is 7.73. The number of aromatic amines is 1. The van der Waals surface area contributed by atoms with Gasteiger partial charge in [-0.15, -0.1) is 0 Å². The first kappa shape index (κ1) is 20.9. The number of rotatable bonds is 7. The maximum Gasteiger partial charge on any atom is 0.259 e. The number of para-hydroxylation sites is 1. The summed E-state index contributed by atoms with van der Waals surface area (Å²) >= 11 is 4.65. The Bertz CT molecular complexity index is 1500. The molecule has 7 nitrogen and oxygen atoms in total. The zero-order chi connectivity index (χ0) is 22.9. The van der Waals surface area contributed by atoms with E-state index in [1.807, 2.05) is 48.7 Å². The van der Waals surface area contributed by atoms with Gasteiger partial charge in [-0.3, -0.25) is 14.9 Å². The van der Waals surface area contributed by atoms with Crippen LogP contribution in [0, 0.1) is 0 Å². The van der Waals surface area contributed by atoms with E-state index in [9.17, 15) is 9.59 Å². The van der Waals surface area contributed by atoms with E-state index in [1.54, 1.807) is 13.3 Å². The van der Waals surface area contributed by atoms with Crippen molar-refractivity contribution in [2.45, 2.75) is 13.0 Å². The predicted octanol–water partition coefficient (Wildman–Crippen LogP) is 4.19. The number of nitrogens with one attached hydrogen (secondary N) is 2. The van der Waals surface area contributed by atoms with Crippen molar-refractivity contribution in [3.8, 4) is 5.75 Å². The average molecular weight is 457 g/mol. The summed E-state index contributed by atoms with van der Waals surface area (Å²) < 4.78 is 7.50. The molecule has 2 aromatic carbocycles. The van der Waals surface area contributed by atoms with Gasteiger partial charge in [0.05, 0.1) is 30.0 Å². The number of benzene rings is 2. The summed E-state index contributed by atoms with van der Waals surface area (Å²) in [5, 5.41) is 6.60. The van der Waals surface area contributed by atoms with Crippen molar-refractivity contribution in [3.05, 3.63) is 66.0 Å². The second kappa shape index (κ2) is 8.50. The van der Waals surface area contributed by atoms with Crippen LogP contribution in [0.2, 0.25) is 0 Å². The number of thiocarbonyl (C=S) groups is 1. The molecule has 33 heavy (non-hydrogen) atoms. The van der Waals surface area contributed by atoms with Crippen molar-refractivity contribution < 1.29 is 14.3 Å². The number of methoxy groups -OCH3 is 1. The number of hydrogen-bond donors (Lipinski definition) is 2. The first-order valence-corrected chi connectivity index (χ1v) is 10.9. The van der Waals surface area contributed by atoms with Gasteiger partial charge < -0.3 is 14.3 Å². The van der Waals surface area contributed by atoms with E-state index in [4.69, 9.17) is 4.74 Å². The van der Waals surface area contributed by atoms with Crippen LogP contribution in [0.15, 0.2) is 59.9 Å². The Hall–Kier alpha value is -4.00. The fourth-order valence-electron chi connectivity index (χ4n) is 4.40. The number of imide groups is 1. The Morgan fingerprint density at radius 2 is 1.85 bits per heavy atom. The lowest BCUT2D eigenvalue weighted by Gasteiger charge is -2.05. The number of aromatic nitrogens is 2. The van der Waals surface area contributed by atoms with E-state index < -0.39 is 11.8 Å². The Labute approximate surface area is 194 Å². The molecule has 5 rings (SSSR count). The van der Waals surface area contributed by atoms with Gasteiger partial charge in [0.2, 0.25) is 0 Å². The molecule has 0 spiro atoms. The zero-order valence-corrected chi connectivity index (χ0v) is 18.7. The summed E-state index contributed by atoms with van der Waals surface area (Å²) in [7, 11) is 1.60. The summed E-state index contributed by atoms with van der Waals surface area (Å²) in [6.07, 6.45) is 4.47. The molecule has 164 valence electrons. The second-order valence-corrected chi connectivity index (χ2v) is 7.91. The lowest BCUT2D eigenvalue weighted by molar-refractivity contribution is -0.122. The van der Waals surface area contributed by atoms with Crippen molar-refractivity contribution in [2.24, 2.45) is 4.99 Å². The average Bonchev–Trinajstić information content (AvgIpc) is 3.49. The number of H-pyrrole nitrogens is 1. The molecule has 0 aliphatic carbocycles. The Balaban J connectivity index is 1.74. The molecule has 0 fully saturated rings. The number of carbonyl (C=O) groups excluding carboxylic acids is 2. The van der Waals surface area contributed by atoms with E-state index in [0.29, 0.717) is 41.1 Å². The maximum absolute atomic E-state index is 13.1. The topological polar surface area (TPSA) is 88.5 Å². The molecule has 3 heterocycles. The summed E-state index contributed by atoms with van der Waals surface area (Å²) in [4.78, 5) is 33.2. The van der Waals surface area contributed by atoms with Crippen LogP contribution in [-0.2, 0) is 16.1 Å². The monoisotopic (exact) mass is 456 g/mol. The van der Waals surface area contributed by atoms with Crippen LogP contribution < -0.4 is 10.1 Å². The summed E-state index contributed by atoms with van der Waals surface area (Å²) in [5.41, 5.74) is 3.95. The molecule has 1 aliphatic rings. The van der Waals surface area contributed by atoms with Crippen molar-refractivity contribution in [2.75, 3.05) is 13.7 Å². The minimum atomic E-state index is -0.410. The molecule has 2 aromatic heterocycles. The molecular formula is C25H20N4O3S. The first-order valence-electron chi connectivity index (χ1n) is 10.5. The molecular weight excluding hydrogens is 436 g/mol. The number of aliphatic imine (C=N–C) groups is 1. The van der Waals surface area contributed by atoms with Crippen LogP contribution in [0.5, 0.6) is 5.75 Å². The van der Waals surface area contributed by atoms with E-state index >= 15 is 0 Å². The van der Waals surface area contributed by atoms with Gasteiger partial charge in [-0.05, 0) is 42.9 Å². The van der Waals surface area contributed by atoms with Gasteiger partial charge in [0.25, 0.3) is 11.8 Å². The van der Waals surface area contributed by atoms with Crippen LogP contribution in [0.1, 0.15) is 17.5 Å². The van der Waals surface area contributed by atoms with Crippen molar-refractivity contribution >= 4 is 62.1 Å². The first-order chi connectivity index (χ1) is 16.1. The zero-order valence-electron chi connectivity index (χ0n) is 17.8. The molecule has 1 aliphatic heterocycles. The molecule has 8 heteroatoms. The number of isothiocyanates is 1. The third kappa shape index (κ3) is 3.55. The minimum absolute atomic E-state index is 0.360. The Morgan fingerprint density at radius 3 is 2.64 bits per heavy atom. The summed E-state index contributed by atoms with van der Waals surface area (Å²) in [6.45, 7) is 1.24. The van der Waals surface area contributed by atoms with Gasteiger partial charge in [0.15, 0.2) is 0 Å². The highest BCUT2D eigenvalue weighted by Gasteiger charge is 2.35. The number of ether oxygens (including phenoxy) is 1. The van der Waals surface area contributed by atoms with Crippen LogP contribution in [-0.4, -0.2) is 40.2 Å². The lowest BCUT2D eigenvalue weighted by atomic mass is 9.95. The molecule has 0 saturated carbocycles. The number of aryl methyl sites for hydroxylation is 1. The SMILES string of the molecule is COc1ccc2c(c1)c(C1=C(c3c[nH]c4ccccc34)C(=O)NC1=O)cn2CCCN=C=S. The van der Waals surface area contributed by atoms with Crippen molar-refractivity contribution in [1.82, 2.24) is 14.9 Å². The van der Waals surface area contributed by atoms with Crippen molar-refractivity contribution in [1.29, 1.82) is 0 Å². The minimum Gasteiger partial charge on any atom is -0.497 e.